The number of hydrogen-bond acceptors (Lipinski definition) is 3. The predicted octanol–water partition coefficient (Wildman–Crippen LogP) is 3.97. The van der Waals surface area contributed by atoms with Crippen LogP contribution in [0.2, 0.25) is 0 Å². The minimum absolute atomic E-state index is 0.145. The molecule has 3 heteroatoms. The van der Waals surface area contributed by atoms with Gasteiger partial charge in [-0.15, -0.1) is 0 Å². The highest BCUT2D eigenvalue weighted by Crippen LogP contribution is 2.32. The average Bonchev–Trinajstić information content (AvgIpc) is 2.37. The Kier molecular flexibility index (Phi) is 4.59. The molecule has 2 rings (SSSR count). The van der Waals surface area contributed by atoms with Gasteiger partial charge in [-0.1, -0.05) is 26.8 Å². The third-order valence-corrected chi connectivity index (χ3v) is 3.91. The van der Waals surface area contributed by atoms with Gasteiger partial charge in [-0.05, 0) is 42.9 Å². The molecule has 0 spiro atoms. The highest BCUT2D eigenvalue weighted by Gasteiger charge is 2.21. The first-order valence-electron chi connectivity index (χ1n) is 7.47. The Labute approximate surface area is 122 Å². The number of nitrogens with one attached hydrogen (secondary N) is 1. The van der Waals surface area contributed by atoms with Gasteiger partial charge in [0.25, 0.3) is 0 Å². The fraction of sp³-hybridized carbons (Fsp3) is 0.647. The molecule has 0 amide bonds. The first-order chi connectivity index (χ1) is 9.40. The molecule has 0 aromatic heterocycles. The van der Waals surface area contributed by atoms with Crippen LogP contribution in [0.4, 0.5) is 5.69 Å². The van der Waals surface area contributed by atoms with Crippen molar-refractivity contribution in [1.82, 2.24) is 0 Å². The molecule has 1 saturated heterocycles. The number of benzene rings is 1. The van der Waals surface area contributed by atoms with E-state index in [9.17, 15) is 0 Å². The molecule has 1 fully saturated rings. The van der Waals surface area contributed by atoms with Crippen molar-refractivity contribution in [3.63, 3.8) is 0 Å². The molecule has 1 aliphatic heterocycles. The van der Waals surface area contributed by atoms with Crippen LogP contribution < -0.4 is 10.1 Å². The minimum Gasteiger partial charge on any atom is -0.495 e. The van der Waals surface area contributed by atoms with Crippen LogP contribution in [0.15, 0.2) is 18.2 Å². The highest BCUT2D eigenvalue weighted by atomic mass is 16.5. The van der Waals surface area contributed by atoms with Gasteiger partial charge in [0.2, 0.25) is 0 Å². The zero-order chi connectivity index (χ0) is 14.8. The fourth-order valence-corrected chi connectivity index (χ4v) is 2.64. The SMILES string of the molecule is COc1ccc(C(C)(C)C)cc1NC1CCOC(C)C1. The van der Waals surface area contributed by atoms with Crippen LogP contribution in [0.5, 0.6) is 5.75 Å². The molecule has 20 heavy (non-hydrogen) atoms. The van der Waals surface area contributed by atoms with E-state index in [-0.39, 0.29) is 5.41 Å². The molecule has 1 N–H and O–H groups in total. The van der Waals surface area contributed by atoms with E-state index >= 15 is 0 Å². The molecular weight excluding hydrogens is 250 g/mol. The third kappa shape index (κ3) is 3.66. The molecule has 2 atom stereocenters. The number of ether oxygens (including phenoxy) is 2. The lowest BCUT2D eigenvalue weighted by Gasteiger charge is -2.30. The van der Waals surface area contributed by atoms with E-state index in [2.05, 4.69) is 51.2 Å². The van der Waals surface area contributed by atoms with E-state index in [1.165, 1.54) is 5.56 Å². The van der Waals surface area contributed by atoms with Crippen LogP contribution >= 0.6 is 0 Å². The van der Waals surface area contributed by atoms with Crippen LogP contribution in [-0.2, 0) is 10.2 Å². The Hall–Kier alpha value is -1.22. The number of hydrogen-bond donors (Lipinski definition) is 1. The van der Waals surface area contributed by atoms with Crippen molar-refractivity contribution < 1.29 is 9.47 Å². The summed E-state index contributed by atoms with van der Waals surface area (Å²) in [5.41, 5.74) is 2.56. The smallest absolute Gasteiger partial charge is 0.141 e. The van der Waals surface area contributed by atoms with Crippen molar-refractivity contribution in [3.05, 3.63) is 23.8 Å². The van der Waals surface area contributed by atoms with Gasteiger partial charge in [0, 0.05) is 12.6 Å². The van der Waals surface area contributed by atoms with E-state index in [4.69, 9.17) is 9.47 Å². The summed E-state index contributed by atoms with van der Waals surface area (Å²) in [6.07, 6.45) is 2.42. The molecule has 2 unspecified atom stereocenters. The largest absolute Gasteiger partial charge is 0.495 e. The molecule has 0 aliphatic carbocycles. The lowest BCUT2D eigenvalue weighted by atomic mass is 9.86. The number of methoxy groups -OCH3 is 1. The lowest BCUT2D eigenvalue weighted by molar-refractivity contribution is 0.0232. The van der Waals surface area contributed by atoms with Crippen LogP contribution in [-0.4, -0.2) is 25.9 Å². The van der Waals surface area contributed by atoms with Gasteiger partial charge in [-0.25, -0.2) is 0 Å². The zero-order valence-electron chi connectivity index (χ0n) is 13.3. The van der Waals surface area contributed by atoms with Crippen molar-refractivity contribution in [3.8, 4) is 5.75 Å². The summed E-state index contributed by atoms with van der Waals surface area (Å²) < 4.78 is 11.1. The summed E-state index contributed by atoms with van der Waals surface area (Å²) in [5, 5.41) is 3.64. The Bertz CT molecular complexity index is 451. The summed E-state index contributed by atoms with van der Waals surface area (Å²) in [6.45, 7) is 9.66. The van der Waals surface area contributed by atoms with Gasteiger partial charge in [0.05, 0.1) is 18.9 Å². The van der Waals surface area contributed by atoms with Crippen molar-refractivity contribution in [1.29, 1.82) is 0 Å². The Morgan fingerprint density at radius 1 is 1.30 bits per heavy atom. The quantitative estimate of drug-likeness (QED) is 0.906. The molecule has 1 aromatic carbocycles. The molecule has 112 valence electrons. The van der Waals surface area contributed by atoms with E-state index in [1.807, 2.05) is 0 Å². The molecule has 3 nitrogen and oxygen atoms in total. The van der Waals surface area contributed by atoms with Crippen LogP contribution in [0, 0.1) is 0 Å². The van der Waals surface area contributed by atoms with Crippen LogP contribution in [0.25, 0.3) is 0 Å². The number of rotatable bonds is 3. The van der Waals surface area contributed by atoms with Crippen molar-refractivity contribution in [2.75, 3.05) is 19.0 Å². The normalized spacial score (nSPS) is 23.4. The molecule has 0 saturated carbocycles. The zero-order valence-corrected chi connectivity index (χ0v) is 13.3. The van der Waals surface area contributed by atoms with Crippen LogP contribution in [0.3, 0.4) is 0 Å². The van der Waals surface area contributed by atoms with Gasteiger partial charge in [-0.3, -0.25) is 0 Å². The van der Waals surface area contributed by atoms with Gasteiger partial charge in [0.15, 0.2) is 0 Å². The maximum absolute atomic E-state index is 5.61. The van der Waals surface area contributed by atoms with Crippen molar-refractivity contribution >= 4 is 5.69 Å². The second kappa shape index (κ2) is 6.04. The van der Waals surface area contributed by atoms with Gasteiger partial charge >= 0.3 is 0 Å². The summed E-state index contributed by atoms with van der Waals surface area (Å²) in [4.78, 5) is 0. The van der Waals surface area contributed by atoms with E-state index in [0.29, 0.717) is 12.1 Å². The maximum Gasteiger partial charge on any atom is 0.141 e. The Morgan fingerprint density at radius 3 is 2.65 bits per heavy atom. The monoisotopic (exact) mass is 277 g/mol. The van der Waals surface area contributed by atoms with Crippen molar-refractivity contribution in [2.24, 2.45) is 0 Å². The summed E-state index contributed by atoms with van der Waals surface area (Å²) in [6, 6.07) is 6.89. The highest BCUT2D eigenvalue weighted by molar-refractivity contribution is 5.59. The molecule has 1 aromatic rings. The molecule has 0 bridgehead atoms. The molecule has 1 aliphatic rings. The fourth-order valence-electron chi connectivity index (χ4n) is 2.64. The lowest BCUT2D eigenvalue weighted by Crippen LogP contribution is -2.32. The summed E-state index contributed by atoms with van der Waals surface area (Å²) >= 11 is 0. The standard InChI is InChI=1S/C17H27NO2/c1-12-10-14(8-9-20-12)18-15-11-13(17(2,3)4)6-7-16(15)19-5/h6-7,11-12,14,18H,8-10H2,1-5H3. The third-order valence-electron chi connectivity index (χ3n) is 3.91. The Morgan fingerprint density at radius 2 is 2.05 bits per heavy atom. The topological polar surface area (TPSA) is 30.5 Å². The summed E-state index contributed by atoms with van der Waals surface area (Å²) in [5.74, 6) is 0.914. The Balaban J connectivity index is 2.20. The molecule has 1 heterocycles. The average molecular weight is 277 g/mol. The first-order valence-corrected chi connectivity index (χ1v) is 7.47. The van der Waals surface area contributed by atoms with E-state index < -0.39 is 0 Å². The van der Waals surface area contributed by atoms with Crippen molar-refractivity contribution in [2.45, 2.75) is 58.1 Å². The second-order valence-electron chi connectivity index (χ2n) is 6.71. The first kappa shape index (κ1) is 15.2. The minimum atomic E-state index is 0.145. The van der Waals surface area contributed by atoms with E-state index in [0.717, 1.165) is 30.9 Å². The van der Waals surface area contributed by atoms with Gasteiger partial charge < -0.3 is 14.8 Å². The summed E-state index contributed by atoms with van der Waals surface area (Å²) in [7, 11) is 1.73. The molecular formula is C17H27NO2. The second-order valence-corrected chi connectivity index (χ2v) is 6.71. The number of anilines is 1. The van der Waals surface area contributed by atoms with Gasteiger partial charge in [-0.2, -0.15) is 0 Å². The maximum atomic E-state index is 5.61. The molecule has 0 radical (unpaired) electrons. The van der Waals surface area contributed by atoms with E-state index in [1.54, 1.807) is 7.11 Å². The predicted molar refractivity (Wildman–Crippen MR) is 83.8 cm³/mol. The van der Waals surface area contributed by atoms with Gasteiger partial charge in [0.1, 0.15) is 5.75 Å². The van der Waals surface area contributed by atoms with Crippen LogP contribution in [0.1, 0.15) is 46.1 Å².